The zero-order valence-electron chi connectivity index (χ0n) is 9.21. The van der Waals surface area contributed by atoms with Crippen molar-refractivity contribution in [1.82, 2.24) is 0 Å². The molecule has 1 unspecified atom stereocenters. The standard InChI is InChI=1S/C11H13F3N2O/c1-2-9(15)10(17)16-8-5-3-4-7(6-8)11(12,13)14/h3-6,9H,2,15H2,1H3,(H,16,17). The van der Waals surface area contributed by atoms with Crippen LogP contribution in [-0.4, -0.2) is 11.9 Å². The highest BCUT2D eigenvalue weighted by Crippen LogP contribution is 2.30. The minimum atomic E-state index is -4.42. The van der Waals surface area contributed by atoms with Gasteiger partial charge in [0.25, 0.3) is 0 Å². The van der Waals surface area contributed by atoms with E-state index in [0.717, 1.165) is 12.1 Å². The molecule has 0 aliphatic carbocycles. The van der Waals surface area contributed by atoms with Gasteiger partial charge in [-0.1, -0.05) is 13.0 Å². The second-order valence-corrected chi connectivity index (χ2v) is 3.58. The summed E-state index contributed by atoms with van der Waals surface area (Å²) < 4.78 is 37.2. The molecule has 17 heavy (non-hydrogen) atoms. The summed E-state index contributed by atoms with van der Waals surface area (Å²) in [5.41, 5.74) is 4.74. The van der Waals surface area contributed by atoms with Crippen molar-refractivity contribution in [2.24, 2.45) is 5.73 Å². The maximum Gasteiger partial charge on any atom is 0.416 e. The topological polar surface area (TPSA) is 55.1 Å². The van der Waals surface area contributed by atoms with E-state index in [0.29, 0.717) is 6.42 Å². The number of amides is 1. The number of carbonyl (C=O) groups excluding carboxylic acids is 1. The van der Waals surface area contributed by atoms with Crippen LogP contribution in [0.1, 0.15) is 18.9 Å². The van der Waals surface area contributed by atoms with Crippen LogP contribution < -0.4 is 11.1 Å². The van der Waals surface area contributed by atoms with Crippen LogP contribution in [0.25, 0.3) is 0 Å². The van der Waals surface area contributed by atoms with E-state index in [1.54, 1.807) is 6.92 Å². The molecule has 0 spiro atoms. The summed E-state index contributed by atoms with van der Waals surface area (Å²) in [5.74, 6) is -0.494. The Morgan fingerprint density at radius 1 is 1.47 bits per heavy atom. The molecular weight excluding hydrogens is 233 g/mol. The first-order valence-electron chi connectivity index (χ1n) is 5.08. The maximum atomic E-state index is 12.4. The molecule has 3 nitrogen and oxygen atoms in total. The van der Waals surface area contributed by atoms with E-state index in [-0.39, 0.29) is 5.69 Å². The van der Waals surface area contributed by atoms with E-state index in [4.69, 9.17) is 5.73 Å². The van der Waals surface area contributed by atoms with Gasteiger partial charge in [0, 0.05) is 5.69 Å². The minimum absolute atomic E-state index is 0.0914. The smallest absolute Gasteiger partial charge is 0.325 e. The molecule has 0 saturated heterocycles. The summed E-state index contributed by atoms with van der Waals surface area (Å²) in [4.78, 5) is 11.4. The number of rotatable bonds is 3. The maximum absolute atomic E-state index is 12.4. The third-order valence-corrected chi connectivity index (χ3v) is 2.23. The first-order chi connectivity index (χ1) is 7.84. The summed E-state index contributed by atoms with van der Waals surface area (Å²) in [6.45, 7) is 1.72. The van der Waals surface area contributed by atoms with Gasteiger partial charge < -0.3 is 11.1 Å². The third-order valence-electron chi connectivity index (χ3n) is 2.23. The molecule has 1 rings (SSSR count). The predicted molar refractivity (Wildman–Crippen MR) is 58.3 cm³/mol. The number of hydrogen-bond acceptors (Lipinski definition) is 2. The van der Waals surface area contributed by atoms with Gasteiger partial charge in [-0.25, -0.2) is 0 Å². The number of nitrogens with one attached hydrogen (secondary N) is 1. The zero-order valence-corrected chi connectivity index (χ0v) is 9.21. The Labute approximate surface area is 96.8 Å². The highest BCUT2D eigenvalue weighted by molar-refractivity contribution is 5.94. The van der Waals surface area contributed by atoms with Gasteiger partial charge in [0.05, 0.1) is 11.6 Å². The van der Waals surface area contributed by atoms with E-state index >= 15 is 0 Å². The SMILES string of the molecule is CCC(N)C(=O)Nc1cccc(C(F)(F)F)c1. The Morgan fingerprint density at radius 2 is 2.12 bits per heavy atom. The Balaban J connectivity index is 2.83. The van der Waals surface area contributed by atoms with Crippen molar-refractivity contribution in [2.45, 2.75) is 25.6 Å². The highest BCUT2D eigenvalue weighted by atomic mass is 19.4. The molecule has 1 amide bonds. The molecule has 0 fully saturated rings. The van der Waals surface area contributed by atoms with Gasteiger partial charge in [-0.05, 0) is 24.6 Å². The van der Waals surface area contributed by atoms with Crippen LogP contribution in [-0.2, 0) is 11.0 Å². The van der Waals surface area contributed by atoms with E-state index < -0.39 is 23.7 Å². The number of nitrogens with two attached hydrogens (primary N) is 1. The molecule has 94 valence electrons. The van der Waals surface area contributed by atoms with E-state index in [1.165, 1.54) is 12.1 Å². The normalized spacial score (nSPS) is 13.2. The molecule has 6 heteroatoms. The Bertz CT molecular complexity index is 404. The van der Waals surface area contributed by atoms with Crippen LogP contribution in [0.3, 0.4) is 0 Å². The van der Waals surface area contributed by atoms with Crippen LogP contribution >= 0.6 is 0 Å². The molecule has 0 heterocycles. The zero-order chi connectivity index (χ0) is 13.1. The fraction of sp³-hybridized carbons (Fsp3) is 0.364. The summed E-state index contributed by atoms with van der Waals surface area (Å²) in [6.07, 6.45) is -4.00. The minimum Gasteiger partial charge on any atom is -0.325 e. The lowest BCUT2D eigenvalue weighted by atomic mass is 10.1. The Hall–Kier alpha value is -1.56. The summed E-state index contributed by atoms with van der Waals surface area (Å²) in [5, 5.41) is 2.34. The molecule has 0 aliphatic rings. The van der Waals surface area contributed by atoms with Gasteiger partial charge in [-0.3, -0.25) is 4.79 Å². The molecule has 0 aliphatic heterocycles. The second-order valence-electron chi connectivity index (χ2n) is 3.58. The highest BCUT2D eigenvalue weighted by Gasteiger charge is 2.30. The van der Waals surface area contributed by atoms with Crippen molar-refractivity contribution in [3.05, 3.63) is 29.8 Å². The summed E-state index contributed by atoms with van der Waals surface area (Å²) in [6, 6.07) is 3.71. The average molecular weight is 246 g/mol. The number of hydrogen-bond donors (Lipinski definition) is 2. The van der Waals surface area contributed by atoms with Crippen LogP contribution in [0, 0.1) is 0 Å². The third kappa shape index (κ3) is 3.74. The van der Waals surface area contributed by atoms with E-state index in [2.05, 4.69) is 5.32 Å². The molecule has 1 atom stereocenters. The Morgan fingerprint density at radius 3 is 2.65 bits per heavy atom. The van der Waals surface area contributed by atoms with Crippen molar-refractivity contribution in [1.29, 1.82) is 0 Å². The largest absolute Gasteiger partial charge is 0.416 e. The van der Waals surface area contributed by atoms with Gasteiger partial charge in [0.2, 0.25) is 5.91 Å². The van der Waals surface area contributed by atoms with Crippen molar-refractivity contribution in [3.63, 3.8) is 0 Å². The molecule has 1 aromatic carbocycles. The van der Waals surface area contributed by atoms with Gasteiger partial charge >= 0.3 is 6.18 Å². The van der Waals surface area contributed by atoms with Gasteiger partial charge in [-0.2, -0.15) is 13.2 Å². The molecule has 1 aromatic rings. The van der Waals surface area contributed by atoms with Crippen molar-refractivity contribution >= 4 is 11.6 Å². The lowest BCUT2D eigenvalue weighted by molar-refractivity contribution is -0.137. The molecule has 0 radical (unpaired) electrons. The monoisotopic (exact) mass is 246 g/mol. The number of anilines is 1. The summed E-state index contributed by atoms with van der Waals surface area (Å²) in [7, 11) is 0. The number of benzene rings is 1. The second kappa shape index (κ2) is 5.18. The predicted octanol–water partition coefficient (Wildman–Crippen LogP) is 2.38. The van der Waals surface area contributed by atoms with E-state index in [9.17, 15) is 18.0 Å². The molecule has 3 N–H and O–H groups in total. The Kier molecular flexibility index (Phi) is 4.11. The lowest BCUT2D eigenvalue weighted by Gasteiger charge is -2.12. The van der Waals surface area contributed by atoms with Crippen molar-refractivity contribution in [3.8, 4) is 0 Å². The first-order valence-corrected chi connectivity index (χ1v) is 5.08. The van der Waals surface area contributed by atoms with Crippen LogP contribution in [0.5, 0.6) is 0 Å². The van der Waals surface area contributed by atoms with Crippen molar-refractivity contribution < 1.29 is 18.0 Å². The van der Waals surface area contributed by atoms with Gasteiger partial charge in [0.15, 0.2) is 0 Å². The first kappa shape index (κ1) is 13.5. The number of alkyl halides is 3. The number of carbonyl (C=O) groups is 1. The average Bonchev–Trinajstić information content (AvgIpc) is 2.27. The van der Waals surface area contributed by atoms with E-state index in [1.807, 2.05) is 0 Å². The van der Waals surface area contributed by atoms with Crippen LogP contribution in [0.15, 0.2) is 24.3 Å². The molecule has 0 saturated carbocycles. The fourth-order valence-electron chi connectivity index (χ4n) is 1.19. The fourth-order valence-corrected chi connectivity index (χ4v) is 1.19. The molecular formula is C11H13F3N2O. The van der Waals surface area contributed by atoms with Crippen LogP contribution in [0.2, 0.25) is 0 Å². The molecule has 0 bridgehead atoms. The van der Waals surface area contributed by atoms with Gasteiger partial charge in [0.1, 0.15) is 0 Å². The molecule has 0 aromatic heterocycles. The van der Waals surface area contributed by atoms with Gasteiger partial charge in [-0.15, -0.1) is 0 Å². The van der Waals surface area contributed by atoms with Crippen LogP contribution in [0.4, 0.5) is 18.9 Å². The number of halogens is 3. The quantitative estimate of drug-likeness (QED) is 0.860. The summed E-state index contributed by atoms with van der Waals surface area (Å²) >= 11 is 0. The van der Waals surface area contributed by atoms with Crippen molar-refractivity contribution in [2.75, 3.05) is 5.32 Å². The lowest BCUT2D eigenvalue weighted by Crippen LogP contribution is -2.34.